The molecule has 2 rings (SSSR count). The molecule has 1 saturated heterocycles. The summed E-state index contributed by atoms with van der Waals surface area (Å²) in [5, 5.41) is 3.58. The Morgan fingerprint density at radius 3 is 2.64 bits per heavy atom. The fraction of sp³-hybridized carbons (Fsp3) is 1.00. The second-order valence-corrected chi connectivity index (χ2v) is 5.05. The van der Waals surface area contributed by atoms with Gasteiger partial charge in [-0.15, -0.1) is 0 Å². The summed E-state index contributed by atoms with van der Waals surface area (Å²) in [5.74, 6) is 1.02. The van der Waals surface area contributed by atoms with E-state index in [9.17, 15) is 0 Å². The minimum absolute atomic E-state index is 0.771. The molecule has 1 N–H and O–H groups in total. The summed E-state index contributed by atoms with van der Waals surface area (Å²) in [6.45, 7) is 4.83. The van der Waals surface area contributed by atoms with Gasteiger partial charge in [0.15, 0.2) is 0 Å². The Labute approximate surface area is 88.1 Å². The fourth-order valence-corrected chi connectivity index (χ4v) is 2.88. The second-order valence-electron chi connectivity index (χ2n) is 5.05. The van der Waals surface area contributed by atoms with Crippen molar-refractivity contribution in [1.82, 2.24) is 10.2 Å². The van der Waals surface area contributed by atoms with Gasteiger partial charge < -0.3 is 10.2 Å². The van der Waals surface area contributed by atoms with Crippen LogP contribution in [0.3, 0.4) is 0 Å². The number of hydrogen-bond acceptors (Lipinski definition) is 2. The van der Waals surface area contributed by atoms with E-state index in [-0.39, 0.29) is 0 Å². The standard InChI is InChI=1S/C12H24N2/c1-3-12(10-6-7-10)14(2)9-11-5-4-8-13-11/h10-13H,3-9H2,1-2H3. The first-order valence-corrected chi connectivity index (χ1v) is 6.25. The Kier molecular flexibility index (Phi) is 3.45. The van der Waals surface area contributed by atoms with Gasteiger partial charge in [0, 0.05) is 18.6 Å². The third-order valence-electron chi connectivity index (χ3n) is 3.82. The van der Waals surface area contributed by atoms with Gasteiger partial charge in [0.25, 0.3) is 0 Å². The predicted octanol–water partition coefficient (Wildman–Crippen LogP) is 1.86. The van der Waals surface area contributed by atoms with Crippen LogP contribution in [0.2, 0.25) is 0 Å². The lowest BCUT2D eigenvalue weighted by Gasteiger charge is -2.29. The molecule has 0 amide bonds. The maximum Gasteiger partial charge on any atom is 0.0195 e. The molecule has 0 bridgehead atoms. The highest BCUT2D eigenvalue weighted by atomic mass is 15.2. The summed E-state index contributed by atoms with van der Waals surface area (Å²) in [5.41, 5.74) is 0. The van der Waals surface area contributed by atoms with Gasteiger partial charge in [-0.1, -0.05) is 6.92 Å². The SMILES string of the molecule is CCC(C1CC1)N(C)CC1CCCN1. The third-order valence-corrected chi connectivity index (χ3v) is 3.82. The van der Waals surface area contributed by atoms with E-state index in [0.29, 0.717) is 0 Å². The van der Waals surface area contributed by atoms with E-state index in [1.54, 1.807) is 0 Å². The van der Waals surface area contributed by atoms with E-state index in [4.69, 9.17) is 0 Å². The Morgan fingerprint density at radius 1 is 1.36 bits per heavy atom. The summed E-state index contributed by atoms with van der Waals surface area (Å²) in [7, 11) is 2.31. The molecule has 0 radical (unpaired) electrons. The van der Waals surface area contributed by atoms with Gasteiger partial charge in [-0.25, -0.2) is 0 Å². The summed E-state index contributed by atoms with van der Waals surface area (Å²) in [6.07, 6.45) is 7.03. The first-order valence-electron chi connectivity index (χ1n) is 6.25. The summed E-state index contributed by atoms with van der Waals surface area (Å²) < 4.78 is 0. The van der Waals surface area contributed by atoms with Crippen LogP contribution in [-0.2, 0) is 0 Å². The minimum atomic E-state index is 0.771. The quantitative estimate of drug-likeness (QED) is 0.722. The normalized spacial score (nSPS) is 29.8. The van der Waals surface area contributed by atoms with E-state index < -0.39 is 0 Å². The van der Waals surface area contributed by atoms with Crippen molar-refractivity contribution in [3.8, 4) is 0 Å². The number of likely N-dealkylation sites (N-methyl/N-ethyl adjacent to an activating group) is 1. The molecule has 14 heavy (non-hydrogen) atoms. The van der Waals surface area contributed by atoms with Crippen LogP contribution < -0.4 is 5.32 Å². The highest BCUT2D eigenvalue weighted by Crippen LogP contribution is 2.36. The van der Waals surface area contributed by atoms with Crippen LogP contribution >= 0.6 is 0 Å². The van der Waals surface area contributed by atoms with Crippen molar-refractivity contribution < 1.29 is 0 Å². The monoisotopic (exact) mass is 196 g/mol. The predicted molar refractivity (Wildman–Crippen MR) is 60.5 cm³/mol. The van der Waals surface area contributed by atoms with Crippen molar-refractivity contribution >= 4 is 0 Å². The zero-order valence-corrected chi connectivity index (χ0v) is 9.63. The van der Waals surface area contributed by atoms with Crippen molar-refractivity contribution in [3.05, 3.63) is 0 Å². The van der Waals surface area contributed by atoms with Gasteiger partial charge in [0.05, 0.1) is 0 Å². The number of nitrogens with zero attached hydrogens (tertiary/aromatic N) is 1. The highest BCUT2D eigenvalue weighted by Gasteiger charge is 2.33. The van der Waals surface area contributed by atoms with Crippen molar-refractivity contribution in [2.75, 3.05) is 20.1 Å². The van der Waals surface area contributed by atoms with E-state index in [1.807, 2.05) is 0 Å². The lowest BCUT2D eigenvalue weighted by molar-refractivity contribution is 0.195. The molecular formula is C12H24N2. The average molecular weight is 196 g/mol. The molecule has 2 nitrogen and oxygen atoms in total. The molecule has 1 aliphatic heterocycles. The van der Waals surface area contributed by atoms with Crippen LogP contribution in [0.15, 0.2) is 0 Å². The molecule has 0 aromatic heterocycles. The first kappa shape index (κ1) is 10.4. The van der Waals surface area contributed by atoms with Gasteiger partial charge in [0.1, 0.15) is 0 Å². The van der Waals surface area contributed by atoms with Gasteiger partial charge in [-0.3, -0.25) is 0 Å². The highest BCUT2D eigenvalue weighted by molar-refractivity contribution is 4.88. The maximum atomic E-state index is 3.58. The van der Waals surface area contributed by atoms with Crippen LogP contribution in [0, 0.1) is 5.92 Å². The molecule has 0 spiro atoms. The van der Waals surface area contributed by atoms with Crippen molar-refractivity contribution in [3.63, 3.8) is 0 Å². The number of nitrogens with one attached hydrogen (secondary N) is 1. The van der Waals surface area contributed by atoms with Gasteiger partial charge in [-0.2, -0.15) is 0 Å². The Bertz CT molecular complexity index is 171. The molecule has 2 atom stereocenters. The topological polar surface area (TPSA) is 15.3 Å². The first-order chi connectivity index (χ1) is 6.81. The molecule has 1 aliphatic carbocycles. The second kappa shape index (κ2) is 4.63. The van der Waals surface area contributed by atoms with Crippen LogP contribution in [0.1, 0.15) is 39.0 Å². The summed E-state index contributed by atoms with van der Waals surface area (Å²) in [6, 6.07) is 1.63. The van der Waals surface area contributed by atoms with Crippen LogP contribution in [-0.4, -0.2) is 37.1 Å². The van der Waals surface area contributed by atoms with Crippen molar-refractivity contribution in [1.29, 1.82) is 0 Å². The largest absolute Gasteiger partial charge is 0.313 e. The molecule has 1 heterocycles. The molecule has 0 aromatic carbocycles. The summed E-state index contributed by atoms with van der Waals surface area (Å²) >= 11 is 0. The number of hydrogen-bond donors (Lipinski definition) is 1. The number of rotatable bonds is 5. The van der Waals surface area contributed by atoms with E-state index in [1.165, 1.54) is 45.2 Å². The molecule has 1 saturated carbocycles. The maximum absolute atomic E-state index is 3.58. The lowest BCUT2D eigenvalue weighted by Crippen LogP contribution is -2.41. The van der Waals surface area contributed by atoms with Gasteiger partial charge in [-0.05, 0) is 51.6 Å². The molecule has 2 aliphatic rings. The Morgan fingerprint density at radius 2 is 2.14 bits per heavy atom. The molecule has 82 valence electrons. The third kappa shape index (κ3) is 2.48. The van der Waals surface area contributed by atoms with Crippen molar-refractivity contribution in [2.45, 2.75) is 51.1 Å². The van der Waals surface area contributed by atoms with E-state index >= 15 is 0 Å². The molecule has 0 aromatic rings. The summed E-state index contributed by atoms with van der Waals surface area (Å²) in [4.78, 5) is 2.60. The fourth-order valence-electron chi connectivity index (χ4n) is 2.88. The molecule has 2 fully saturated rings. The van der Waals surface area contributed by atoms with Crippen LogP contribution in [0.5, 0.6) is 0 Å². The Hall–Kier alpha value is -0.0800. The molecule has 2 unspecified atom stereocenters. The molecular weight excluding hydrogens is 172 g/mol. The minimum Gasteiger partial charge on any atom is -0.313 e. The smallest absolute Gasteiger partial charge is 0.0195 e. The van der Waals surface area contributed by atoms with Crippen LogP contribution in [0.25, 0.3) is 0 Å². The van der Waals surface area contributed by atoms with E-state index in [2.05, 4.69) is 24.2 Å². The Balaban J connectivity index is 1.76. The average Bonchev–Trinajstić information content (AvgIpc) is 2.86. The van der Waals surface area contributed by atoms with Gasteiger partial charge >= 0.3 is 0 Å². The lowest BCUT2D eigenvalue weighted by atomic mass is 10.1. The molecule has 2 heteroatoms. The van der Waals surface area contributed by atoms with Crippen LogP contribution in [0.4, 0.5) is 0 Å². The van der Waals surface area contributed by atoms with Crippen molar-refractivity contribution in [2.24, 2.45) is 5.92 Å². The zero-order valence-electron chi connectivity index (χ0n) is 9.63. The van der Waals surface area contributed by atoms with E-state index in [0.717, 1.165) is 18.0 Å². The van der Waals surface area contributed by atoms with Gasteiger partial charge in [0.2, 0.25) is 0 Å². The zero-order chi connectivity index (χ0) is 9.97.